The predicted octanol–water partition coefficient (Wildman–Crippen LogP) is 2.95. The van der Waals surface area contributed by atoms with Gasteiger partial charge in [-0.2, -0.15) is 0 Å². The molecule has 2 rings (SSSR count). The van der Waals surface area contributed by atoms with Crippen LogP contribution in [0.1, 0.15) is 15.9 Å². The maximum Gasteiger partial charge on any atom is 0.236 e. The van der Waals surface area contributed by atoms with Crippen molar-refractivity contribution in [3.05, 3.63) is 47.5 Å². The summed E-state index contributed by atoms with van der Waals surface area (Å²) >= 11 is 0. The summed E-state index contributed by atoms with van der Waals surface area (Å²) in [6.45, 7) is 1.05. The van der Waals surface area contributed by atoms with Crippen LogP contribution in [0, 0.1) is 11.8 Å². The Bertz CT molecular complexity index is 863. The molecule has 0 aromatic heterocycles. The fourth-order valence-electron chi connectivity index (χ4n) is 2.34. The van der Waals surface area contributed by atoms with E-state index in [9.17, 15) is 4.79 Å². The molecule has 0 saturated heterocycles. The summed E-state index contributed by atoms with van der Waals surface area (Å²) in [5.74, 6) is 7.22. The quantitative estimate of drug-likeness (QED) is 0.263. The van der Waals surface area contributed by atoms with E-state index in [0.29, 0.717) is 47.3 Å². The third-order valence-electron chi connectivity index (χ3n) is 3.87. The van der Waals surface area contributed by atoms with Crippen molar-refractivity contribution in [2.24, 2.45) is 0 Å². The molecule has 0 unspecified atom stereocenters. The third kappa shape index (κ3) is 6.42. The molecule has 0 spiro atoms. The van der Waals surface area contributed by atoms with Crippen LogP contribution in [-0.2, 0) is 9.47 Å². The summed E-state index contributed by atoms with van der Waals surface area (Å²) in [5.41, 5.74) is 0.969. The van der Waals surface area contributed by atoms with E-state index in [0.717, 1.165) is 0 Å². The summed E-state index contributed by atoms with van der Waals surface area (Å²) < 4.78 is 31.4. The van der Waals surface area contributed by atoms with Gasteiger partial charge in [-0.25, -0.2) is 0 Å². The second-order valence-electron chi connectivity index (χ2n) is 5.67. The zero-order valence-electron chi connectivity index (χ0n) is 16.9. The summed E-state index contributed by atoms with van der Waals surface area (Å²) in [5, 5.41) is 0. The fraction of sp³-hybridized carbons (Fsp3) is 0.318. The second-order valence-corrected chi connectivity index (χ2v) is 5.67. The molecule has 7 heteroatoms. The molecule has 7 nitrogen and oxygen atoms in total. The highest BCUT2D eigenvalue weighted by Crippen LogP contribution is 2.34. The van der Waals surface area contributed by atoms with Gasteiger partial charge in [-0.3, -0.25) is 4.79 Å². The first kappa shape index (κ1) is 22.1. The third-order valence-corrected chi connectivity index (χ3v) is 3.87. The van der Waals surface area contributed by atoms with Gasteiger partial charge in [0.15, 0.2) is 18.3 Å². The van der Waals surface area contributed by atoms with Crippen molar-refractivity contribution >= 4 is 5.78 Å². The van der Waals surface area contributed by atoms with Gasteiger partial charge in [0.2, 0.25) is 5.78 Å². The molecule has 2 aromatic carbocycles. The number of ether oxygens (including phenoxy) is 6. The van der Waals surface area contributed by atoms with Crippen LogP contribution in [0.3, 0.4) is 0 Å². The van der Waals surface area contributed by atoms with Gasteiger partial charge in [-0.1, -0.05) is 5.92 Å². The van der Waals surface area contributed by atoms with Gasteiger partial charge in [0.05, 0.1) is 40.1 Å². The first-order valence-corrected chi connectivity index (χ1v) is 8.78. The Balaban J connectivity index is 2.07. The van der Waals surface area contributed by atoms with Crippen molar-refractivity contribution in [1.82, 2.24) is 0 Å². The van der Waals surface area contributed by atoms with Gasteiger partial charge in [0.25, 0.3) is 0 Å². The van der Waals surface area contributed by atoms with Gasteiger partial charge >= 0.3 is 0 Å². The Hall–Kier alpha value is -3.21. The monoisotopic (exact) mass is 400 g/mol. The van der Waals surface area contributed by atoms with E-state index < -0.39 is 0 Å². The van der Waals surface area contributed by atoms with Crippen molar-refractivity contribution in [2.45, 2.75) is 0 Å². The molecule has 29 heavy (non-hydrogen) atoms. The molecule has 0 aliphatic heterocycles. The van der Waals surface area contributed by atoms with Crippen molar-refractivity contribution in [2.75, 3.05) is 48.4 Å². The molecule has 154 valence electrons. The van der Waals surface area contributed by atoms with Crippen molar-refractivity contribution in [3.8, 4) is 34.8 Å². The standard InChI is InChI=1S/C22H24O7/c1-24-11-12-28-15-29-18-8-5-16(6-9-18)19(23)10-7-17-13-21(26-3)22(27-4)14-20(17)25-2/h5-6,8-9,13-14H,11-12,15H2,1-4H3. The molecule has 0 fully saturated rings. The highest BCUT2D eigenvalue weighted by Gasteiger charge is 2.11. The van der Waals surface area contributed by atoms with Crippen LogP contribution in [0.2, 0.25) is 0 Å². The van der Waals surface area contributed by atoms with Gasteiger partial charge in [-0.05, 0) is 30.2 Å². The molecule has 0 radical (unpaired) electrons. The van der Waals surface area contributed by atoms with Gasteiger partial charge < -0.3 is 28.4 Å². The Morgan fingerprint density at radius 1 is 0.862 bits per heavy atom. The van der Waals surface area contributed by atoms with Gasteiger partial charge in [-0.15, -0.1) is 0 Å². The highest BCUT2D eigenvalue weighted by atomic mass is 16.7. The Kier molecular flexibility index (Phi) is 8.83. The minimum absolute atomic E-state index is 0.107. The van der Waals surface area contributed by atoms with E-state index in [-0.39, 0.29) is 12.6 Å². The summed E-state index contributed by atoms with van der Waals surface area (Å²) in [6.07, 6.45) is 0. The van der Waals surface area contributed by atoms with Crippen LogP contribution in [0.4, 0.5) is 0 Å². The average molecular weight is 400 g/mol. The van der Waals surface area contributed by atoms with E-state index in [1.54, 1.807) is 43.5 Å². The van der Waals surface area contributed by atoms with Crippen LogP contribution < -0.4 is 18.9 Å². The fourth-order valence-corrected chi connectivity index (χ4v) is 2.34. The molecule has 0 atom stereocenters. The summed E-state index contributed by atoms with van der Waals surface area (Å²) in [6, 6.07) is 9.99. The highest BCUT2D eigenvalue weighted by molar-refractivity contribution is 6.09. The topological polar surface area (TPSA) is 72.5 Å². The Labute approximate surface area is 170 Å². The van der Waals surface area contributed by atoms with Crippen molar-refractivity contribution in [1.29, 1.82) is 0 Å². The molecule has 0 saturated carbocycles. The van der Waals surface area contributed by atoms with E-state index in [2.05, 4.69) is 11.8 Å². The van der Waals surface area contributed by atoms with E-state index in [1.807, 2.05) is 0 Å². The number of Topliss-reactive ketones (excluding diaryl/α,β-unsaturated/α-hetero) is 1. The maximum atomic E-state index is 12.4. The van der Waals surface area contributed by atoms with Crippen molar-refractivity contribution < 1.29 is 33.2 Å². The lowest BCUT2D eigenvalue weighted by Crippen LogP contribution is -2.07. The molecule has 0 amide bonds. The SMILES string of the molecule is COCCOCOc1ccc(C(=O)C#Cc2cc(OC)c(OC)cc2OC)cc1. The Morgan fingerprint density at radius 2 is 1.52 bits per heavy atom. The molecule has 0 aliphatic carbocycles. The van der Waals surface area contributed by atoms with Crippen LogP contribution in [0.15, 0.2) is 36.4 Å². The zero-order chi connectivity index (χ0) is 21.1. The van der Waals surface area contributed by atoms with Crippen LogP contribution in [0.5, 0.6) is 23.0 Å². The van der Waals surface area contributed by atoms with E-state index in [1.165, 1.54) is 21.3 Å². The number of carbonyl (C=O) groups is 1. The number of carbonyl (C=O) groups excluding carboxylic acids is 1. The van der Waals surface area contributed by atoms with Crippen molar-refractivity contribution in [3.63, 3.8) is 0 Å². The minimum atomic E-state index is -0.329. The van der Waals surface area contributed by atoms with Gasteiger partial charge in [0.1, 0.15) is 11.5 Å². The normalized spacial score (nSPS) is 9.93. The van der Waals surface area contributed by atoms with Gasteiger partial charge in [0, 0.05) is 24.8 Å². The maximum absolute atomic E-state index is 12.4. The lowest BCUT2D eigenvalue weighted by Gasteiger charge is -2.11. The molecular formula is C22H24O7. The summed E-state index contributed by atoms with van der Waals surface area (Å²) in [4.78, 5) is 12.4. The zero-order valence-corrected chi connectivity index (χ0v) is 16.9. The molecule has 0 heterocycles. The smallest absolute Gasteiger partial charge is 0.236 e. The first-order chi connectivity index (χ1) is 14.1. The second kappa shape index (κ2) is 11.6. The number of methoxy groups -OCH3 is 4. The predicted molar refractivity (Wildman–Crippen MR) is 107 cm³/mol. The molecule has 0 aliphatic rings. The number of hydrogen-bond donors (Lipinski definition) is 0. The lowest BCUT2D eigenvalue weighted by atomic mass is 10.1. The number of benzene rings is 2. The molecule has 0 bridgehead atoms. The number of ketones is 1. The van der Waals surface area contributed by atoms with Crippen LogP contribution >= 0.6 is 0 Å². The molecular weight excluding hydrogens is 376 g/mol. The molecule has 0 N–H and O–H groups in total. The van der Waals surface area contributed by atoms with Crippen LogP contribution in [0.25, 0.3) is 0 Å². The summed E-state index contributed by atoms with van der Waals surface area (Å²) in [7, 11) is 6.18. The van der Waals surface area contributed by atoms with Crippen LogP contribution in [-0.4, -0.2) is 54.2 Å². The Morgan fingerprint density at radius 3 is 2.14 bits per heavy atom. The number of rotatable bonds is 10. The minimum Gasteiger partial charge on any atom is -0.495 e. The van der Waals surface area contributed by atoms with E-state index >= 15 is 0 Å². The largest absolute Gasteiger partial charge is 0.495 e. The first-order valence-electron chi connectivity index (χ1n) is 8.78. The molecule has 2 aromatic rings. The average Bonchev–Trinajstić information content (AvgIpc) is 2.77. The van der Waals surface area contributed by atoms with E-state index in [4.69, 9.17) is 28.4 Å². The number of hydrogen-bond acceptors (Lipinski definition) is 7. The lowest BCUT2D eigenvalue weighted by molar-refractivity contribution is -0.00847.